The van der Waals surface area contributed by atoms with E-state index in [1.54, 1.807) is 29.6 Å². The number of fused-ring (bicyclic) bond motifs is 3. The zero-order valence-electron chi connectivity index (χ0n) is 21.5. The molecule has 0 radical (unpaired) electrons. The van der Waals surface area contributed by atoms with Crippen LogP contribution in [0.4, 0.5) is 0 Å². The van der Waals surface area contributed by atoms with Crippen LogP contribution in [0.2, 0.25) is 0 Å². The molecule has 6 rings (SSSR count). The molecule has 12 nitrogen and oxygen atoms in total. The van der Waals surface area contributed by atoms with Gasteiger partial charge in [-0.1, -0.05) is 0 Å². The first-order valence-corrected chi connectivity index (χ1v) is 13.2. The minimum atomic E-state index is -0.367. The van der Waals surface area contributed by atoms with Gasteiger partial charge in [0.25, 0.3) is 5.91 Å². The Labute approximate surface area is 220 Å². The third-order valence-electron chi connectivity index (χ3n) is 7.85. The molecule has 202 valence electrons. The summed E-state index contributed by atoms with van der Waals surface area (Å²) in [5, 5.41) is 3.09. The second kappa shape index (κ2) is 10.3. The highest BCUT2D eigenvalue weighted by molar-refractivity contribution is 5.96. The summed E-state index contributed by atoms with van der Waals surface area (Å²) in [7, 11) is 1.95. The molecule has 12 heteroatoms. The molecule has 2 aromatic heterocycles. The van der Waals surface area contributed by atoms with E-state index in [1.165, 1.54) is 0 Å². The van der Waals surface area contributed by atoms with Crippen molar-refractivity contribution in [1.82, 2.24) is 34.6 Å². The van der Waals surface area contributed by atoms with Crippen LogP contribution in [0, 0.1) is 5.92 Å². The van der Waals surface area contributed by atoms with Crippen molar-refractivity contribution in [3.63, 3.8) is 0 Å². The quantitative estimate of drug-likeness (QED) is 0.580. The Morgan fingerprint density at radius 1 is 1.18 bits per heavy atom. The minimum Gasteiger partial charge on any atom is -0.475 e. The average Bonchev–Trinajstić information content (AvgIpc) is 3.60. The molecule has 0 spiro atoms. The summed E-state index contributed by atoms with van der Waals surface area (Å²) < 4.78 is 14.2. The van der Waals surface area contributed by atoms with Gasteiger partial charge in [-0.15, -0.1) is 0 Å². The fourth-order valence-electron chi connectivity index (χ4n) is 5.53. The summed E-state index contributed by atoms with van der Waals surface area (Å²) in [6, 6.07) is 2.70. The topological polar surface area (TPSA) is 122 Å². The van der Waals surface area contributed by atoms with Crippen LogP contribution in [0.3, 0.4) is 0 Å². The van der Waals surface area contributed by atoms with Crippen LogP contribution in [-0.4, -0.2) is 111 Å². The monoisotopic (exact) mass is 523 g/mol. The Morgan fingerprint density at radius 3 is 2.84 bits per heavy atom. The van der Waals surface area contributed by atoms with Crippen LogP contribution in [0.5, 0.6) is 5.88 Å². The van der Waals surface area contributed by atoms with E-state index in [2.05, 4.69) is 20.2 Å². The molecule has 2 aromatic rings. The van der Waals surface area contributed by atoms with Gasteiger partial charge in [0.05, 0.1) is 30.2 Å². The zero-order chi connectivity index (χ0) is 26.2. The number of likely N-dealkylation sites (tertiary alicyclic amines) is 1. The third-order valence-corrected chi connectivity index (χ3v) is 7.85. The van der Waals surface area contributed by atoms with Gasteiger partial charge in [-0.25, -0.2) is 9.97 Å². The van der Waals surface area contributed by atoms with E-state index in [-0.39, 0.29) is 60.9 Å². The molecule has 1 aliphatic carbocycles. The molecule has 1 saturated carbocycles. The van der Waals surface area contributed by atoms with Crippen molar-refractivity contribution in [3.8, 4) is 5.88 Å². The van der Waals surface area contributed by atoms with E-state index in [0.717, 1.165) is 18.5 Å². The minimum absolute atomic E-state index is 0.102. The predicted octanol–water partition coefficient (Wildman–Crippen LogP) is -0.344. The maximum atomic E-state index is 13.4. The number of carbonyl (C=O) groups excluding carboxylic acids is 3. The van der Waals surface area contributed by atoms with Gasteiger partial charge in [-0.3, -0.25) is 19.3 Å². The fourth-order valence-corrected chi connectivity index (χ4v) is 5.53. The summed E-state index contributed by atoms with van der Waals surface area (Å²) in [5.74, 6) is 0.0235. The smallest absolute Gasteiger partial charge is 0.257 e. The van der Waals surface area contributed by atoms with Crippen molar-refractivity contribution < 1.29 is 23.9 Å². The third kappa shape index (κ3) is 5.10. The lowest BCUT2D eigenvalue weighted by Crippen LogP contribution is -2.59. The van der Waals surface area contributed by atoms with Gasteiger partial charge in [0.15, 0.2) is 0 Å². The number of rotatable bonds is 3. The van der Waals surface area contributed by atoms with E-state index in [9.17, 15) is 14.4 Å². The maximum Gasteiger partial charge on any atom is 0.257 e. The number of ether oxygens (including phenoxy) is 2. The van der Waals surface area contributed by atoms with E-state index >= 15 is 0 Å². The summed E-state index contributed by atoms with van der Waals surface area (Å²) >= 11 is 0. The Kier molecular flexibility index (Phi) is 6.75. The largest absolute Gasteiger partial charge is 0.475 e. The number of piperazine rings is 1. The van der Waals surface area contributed by atoms with Gasteiger partial charge in [0.1, 0.15) is 18.8 Å². The number of hydrogen-bond acceptors (Lipinski definition) is 8. The van der Waals surface area contributed by atoms with E-state index in [4.69, 9.17) is 9.47 Å². The van der Waals surface area contributed by atoms with Gasteiger partial charge >= 0.3 is 0 Å². The molecule has 2 saturated heterocycles. The van der Waals surface area contributed by atoms with Crippen molar-refractivity contribution in [2.24, 2.45) is 13.0 Å². The van der Waals surface area contributed by atoms with Gasteiger partial charge in [0, 0.05) is 64.6 Å². The van der Waals surface area contributed by atoms with Gasteiger partial charge in [-0.05, 0) is 25.0 Å². The summed E-state index contributed by atoms with van der Waals surface area (Å²) in [5.41, 5.74) is 1.38. The molecule has 38 heavy (non-hydrogen) atoms. The normalized spacial score (nSPS) is 26.7. The van der Waals surface area contributed by atoms with Gasteiger partial charge < -0.3 is 29.2 Å². The molecule has 0 bridgehead atoms. The number of carbonyl (C=O) groups is 3. The molecule has 3 aliphatic heterocycles. The van der Waals surface area contributed by atoms with Crippen molar-refractivity contribution in [3.05, 3.63) is 42.1 Å². The number of pyridine rings is 1. The van der Waals surface area contributed by atoms with Crippen LogP contribution in [-0.2, 0) is 27.9 Å². The molecule has 0 aromatic carbocycles. The highest BCUT2D eigenvalue weighted by atomic mass is 16.5. The first kappa shape index (κ1) is 24.8. The van der Waals surface area contributed by atoms with Crippen LogP contribution < -0.4 is 10.1 Å². The SMILES string of the molecule is Cn1cncc1CN1C[C@@H]2OCC(=O)N3CCN(C(=O)C4CC4)C[C@H]3COc3ncccc3C(=O)N[C@@H]2C1. The molecule has 3 atom stereocenters. The van der Waals surface area contributed by atoms with Crippen LogP contribution >= 0.6 is 0 Å². The van der Waals surface area contributed by atoms with Crippen LogP contribution in [0.15, 0.2) is 30.9 Å². The lowest BCUT2D eigenvalue weighted by molar-refractivity contribution is -0.149. The van der Waals surface area contributed by atoms with Crippen molar-refractivity contribution in [2.75, 3.05) is 45.9 Å². The van der Waals surface area contributed by atoms with Crippen molar-refractivity contribution in [1.29, 1.82) is 0 Å². The van der Waals surface area contributed by atoms with Gasteiger partial charge in [0.2, 0.25) is 17.7 Å². The van der Waals surface area contributed by atoms with Gasteiger partial charge in [-0.2, -0.15) is 0 Å². The van der Waals surface area contributed by atoms with E-state index in [1.807, 2.05) is 22.7 Å². The fraction of sp³-hybridized carbons (Fsp3) is 0.577. The lowest BCUT2D eigenvalue weighted by atomic mass is 10.1. The molecule has 0 unspecified atom stereocenters. The molecular weight excluding hydrogens is 490 g/mol. The summed E-state index contributed by atoms with van der Waals surface area (Å²) in [6.07, 6.45) is 6.65. The predicted molar refractivity (Wildman–Crippen MR) is 134 cm³/mol. The highest BCUT2D eigenvalue weighted by Gasteiger charge is 2.40. The number of nitrogens with zero attached hydrogens (tertiary/aromatic N) is 6. The summed E-state index contributed by atoms with van der Waals surface area (Å²) in [6.45, 7) is 3.11. The van der Waals surface area contributed by atoms with Crippen LogP contribution in [0.25, 0.3) is 0 Å². The lowest BCUT2D eigenvalue weighted by Gasteiger charge is -2.41. The maximum absolute atomic E-state index is 13.4. The number of aromatic nitrogens is 3. The average molecular weight is 524 g/mol. The molecule has 4 aliphatic rings. The first-order chi connectivity index (χ1) is 18.5. The molecule has 3 amide bonds. The number of amides is 3. The van der Waals surface area contributed by atoms with E-state index < -0.39 is 0 Å². The zero-order valence-corrected chi connectivity index (χ0v) is 21.5. The molecule has 5 heterocycles. The number of hydrogen-bond donors (Lipinski definition) is 1. The highest BCUT2D eigenvalue weighted by Crippen LogP contribution is 2.32. The van der Waals surface area contributed by atoms with Crippen LogP contribution in [0.1, 0.15) is 28.9 Å². The number of aryl methyl sites for hydroxylation is 1. The Hall–Kier alpha value is -3.51. The number of imidazole rings is 1. The Bertz CT molecular complexity index is 1210. The number of nitrogens with one attached hydrogen (secondary N) is 1. The van der Waals surface area contributed by atoms with Crippen molar-refractivity contribution >= 4 is 17.7 Å². The molecular formula is C26H33N7O5. The molecule has 1 N–H and O–H groups in total. The molecule has 3 fully saturated rings. The van der Waals surface area contributed by atoms with E-state index in [0.29, 0.717) is 44.8 Å². The Morgan fingerprint density at radius 2 is 2.05 bits per heavy atom. The Balaban J connectivity index is 1.24. The van der Waals surface area contributed by atoms with Crippen molar-refractivity contribution in [2.45, 2.75) is 37.6 Å². The first-order valence-electron chi connectivity index (χ1n) is 13.2. The second-order valence-electron chi connectivity index (χ2n) is 10.6. The summed E-state index contributed by atoms with van der Waals surface area (Å²) in [4.78, 5) is 53.8. The standard InChI is InChI=1S/C26H33N7O5/c1-30-16-27-9-18(30)10-31-12-21-22(13-31)37-15-23(34)33-8-7-32(26(36)17-4-5-17)11-19(33)14-38-25-20(24(35)29-21)3-2-6-28-25/h2-3,6,9,16-17,19,21-22H,4-5,7-8,10-15H2,1H3,(H,29,35)/t19-,21+,22-/m0/s1. The second-order valence-corrected chi connectivity index (χ2v) is 10.6.